The summed E-state index contributed by atoms with van der Waals surface area (Å²) in [6.45, 7) is 8.52. The molecule has 1 aromatic rings. The van der Waals surface area contributed by atoms with Crippen LogP contribution in [0.15, 0.2) is 6.20 Å². The summed E-state index contributed by atoms with van der Waals surface area (Å²) in [5.41, 5.74) is 0. The molecule has 0 aromatic carbocycles. The van der Waals surface area contributed by atoms with Crippen LogP contribution in [0.25, 0.3) is 0 Å². The first-order valence-corrected chi connectivity index (χ1v) is 6.75. The molecular weight excluding hydrogens is 212 g/mol. The maximum absolute atomic E-state index is 4.23. The van der Waals surface area contributed by atoms with Gasteiger partial charge in [0.05, 0.1) is 5.01 Å². The van der Waals surface area contributed by atoms with Crippen LogP contribution >= 0.6 is 23.1 Å². The number of aromatic nitrogens is 1. The van der Waals surface area contributed by atoms with E-state index in [4.69, 9.17) is 0 Å². The van der Waals surface area contributed by atoms with E-state index < -0.39 is 0 Å². The molecule has 1 aromatic heterocycles. The van der Waals surface area contributed by atoms with Gasteiger partial charge in [0.1, 0.15) is 0 Å². The molecule has 0 radical (unpaired) electrons. The van der Waals surface area contributed by atoms with Gasteiger partial charge in [0.15, 0.2) is 0 Å². The minimum atomic E-state index is 0.319. The predicted molar refractivity (Wildman–Crippen MR) is 66.2 cm³/mol. The van der Waals surface area contributed by atoms with Crippen molar-refractivity contribution < 1.29 is 0 Å². The van der Waals surface area contributed by atoms with Gasteiger partial charge in [0.2, 0.25) is 0 Å². The summed E-state index contributed by atoms with van der Waals surface area (Å²) >= 11 is 3.66. The highest BCUT2D eigenvalue weighted by atomic mass is 32.2. The number of hydrogen-bond donors (Lipinski definition) is 1. The molecular formula is C10H18N2S2. The Morgan fingerprint density at radius 3 is 2.79 bits per heavy atom. The molecule has 0 aliphatic heterocycles. The van der Waals surface area contributed by atoms with Crippen molar-refractivity contribution in [3.05, 3.63) is 16.1 Å². The predicted octanol–water partition coefficient (Wildman–Crippen LogP) is 2.68. The fourth-order valence-corrected chi connectivity index (χ4v) is 2.06. The van der Waals surface area contributed by atoms with Crippen molar-refractivity contribution in [3.8, 4) is 0 Å². The van der Waals surface area contributed by atoms with Crippen molar-refractivity contribution in [2.75, 3.05) is 12.8 Å². The Bertz CT molecular complexity index is 281. The lowest BCUT2D eigenvalue weighted by atomic mass is 10.2. The third-order valence-corrected chi connectivity index (χ3v) is 4.23. The molecule has 0 unspecified atom stereocenters. The van der Waals surface area contributed by atoms with E-state index in [-0.39, 0.29) is 0 Å². The van der Waals surface area contributed by atoms with E-state index >= 15 is 0 Å². The van der Waals surface area contributed by atoms with Crippen molar-refractivity contribution in [1.82, 2.24) is 10.3 Å². The summed E-state index contributed by atoms with van der Waals surface area (Å²) in [5.74, 6) is 0. The molecule has 0 aliphatic carbocycles. The van der Waals surface area contributed by atoms with Crippen molar-refractivity contribution in [3.63, 3.8) is 0 Å². The minimum Gasteiger partial charge on any atom is -0.310 e. The molecule has 1 rings (SSSR count). The van der Waals surface area contributed by atoms with Crippen molar-refractivity contribution in [2.45, 2.75) is 32.1 Å². The second kappa shape index (κ2) is 5.14. The SMILES string of the molecule is CSC(C)(C)CNCc1cnc(C)s1. The highest BCUT2D eigenvalue weighted by Gasteiger charge is 2.14. The molecule has 0 fully saturated rings. The Labute approximate surface area is 94.5 Å². The average Bonchev–Trinajstić information content (AvgIpc) is 2.51. The fraction of sp³-hybridized carbons (Fsp3) is 0.700. The summed E-state index contributed by atoms with van der Waals surface area (Å²) in [4.78, 5) is 5.54. The first kappa shape index (κ1) is 12.0. The van der Waals surface area contributed by atoms with Crippen LogP contribution in [-0.2, 0) is 6.54 Å². The van der Waals surface area contributed by atoms with Gasteiger partial charge in [-0.3, -0.25) is 0 Å². The van der Waals surface area contributed by atoms with Gasteiger partial charge in [0.25, 0.3) is 0 Å². The molecule has 0 spiro atoms. The molecule has 4 heteroatoms. The zero-order valence-corrected chi connectivity index (χ0v) is 10.9. The highest BCUT2D eigenvalue weighted by molar-refractivity contribution is 7.99. The molecule has 0 atom stereocenters. The van der Waals surface area contributed by atoms with E-state index in [0.29, 0.717) is 4.75 Å². The maximum Gasteiger partial charge on any atom is 0.0897 e. The maximum atomic E-state index is 4.23. The third kappa shape index (κ3) is 3.98. The number of nitrogens with zero attached hydrogens (tertiary/aromatic N) is 1. The zero-order chi connectivity index (χ0) is 10.6. The Morgan fingerprint density at radius 1 is 1.57 bits per heavy atom. The van der Waals surface area contributed by atoms with Gasteiger partial charge in [-0.1, -0.05) is 0 Å². The van der Waals surface area contributed by atoms with Crippen LogP contribution in [-0.4, -0.2) is 22.5 Å². The highest BCUT2D eigenvalue weighted by Crippen LogP contribution is 2.20. The molecule has 0 amide bonds. The van der Waals surface area contributed by atoms with Crippen LogP contribution in [0.1, 0.15) is 23.7 Å². The smallest absolute Gasteiger partial charge is 0.0897 e. The number of thiazole rings is 1. The summed E-state index contributed by atoms with van der Waals surface area (Å²) in [6.07, 6.45) is 4.11. The van der Waals surface area contributed by atoms with Gasteiger partial charge >= 0.3 is 0 Å². The normalized spacial score (nSPS) is 12.0. The number of aryl methyl sites for hydroxylation is 1. The largest absolute Gasteiger partial charge is 0.310 e. The molecule has 0 saturated carbocycles. The van der Waals surface area contributed by atoms with Crippen molar-refractivity contribution in [2.24, 2.45) is 0 Å². The monoisotopic (exact) mass is 230 g/mol. The number of hydrogen-bond acceptors (Lipinski definition) is 4. The van der Waals surface area contributed by atoms with Crippen LogP contribution in [0, 0.1) is 6.92 Å². The Morgan fingerprint density at radius 2 is 2.29 bits per heavy atom. The second-order valence-corrected chi connectivity index (χ2v) is 6.75. The first-order chi connectivity index (χ1) is 6.53. The number of rotatable bonds is 5. The molecule has 1 heterocycles. The van der Waals surface area contributed by atoms with Crippen LogP contribution in [0.2, 0.25) is 0 Å². The Kier molecular flexibility index (Phi) is 4.41. The summed E-state index contributed by atoms with van der Waals surface area (Å²) in [7, 11) is 0. The number of nitrogens with one attached hydrogen (secondary N) is 1. The lowest BCUT2D eigenvalue weighted by molar-refractivity contribution is 0.594. The molecule has 14 heavy (non-hydrogen) atoms. The standard InChI is InChI=1S/C10H18N2S2/c1-8-12-6-9(14-8)5-11-7-10(2,3)13-4/h6,11H,5,7H2,1-4H3. The lowest BCUT2D eigenvalue weighted by Crippen LogP contribution is -2.31. The molecule has 1 N–H and O–H groups in total. The second-order valence-electron chi connectivity index (χ2n) is 3.91. The Balaban J connectivity index is 2.28. The van der Waals surface area contributed by atoms with E-state index in [1.165, 1.54) is 4.88 Å². The summed E-state index contributed by atoms with van der Waals surface area (Å²) in [6, 6.07) is 0. The van der Waals surface area contributed by atoms with Gasteiger partial charge in [-0.2, -0.15) is 11.8 Å². The topological polar surface area (TPSA) is 24.9 Å². The van der Waals surface area contributed by atoms with E-state index in [9.17, 15) is 0 Å². The van der Waals surface area contributed by atoms with Crippen LogP contribution < -0.4 is 5.32 Å². The van der Waals surface area contributed by atoms with Gasteiger partial charge in [-0.15, -0.1) is 11.3 Å². The summed E-state index contributed by atoms with van der Waals surface area (Å²) < 4.78 is 0.319. The fourth-order valence-electron chi connectivity index (χ4n) is 1.05. The average molecular weight is 230 g/mol. The summed E-state index contributed by atoms with van der Waals surface area (Å²) in [5, 5.41) is 4.60. The van der Waals surface area contributed by atoms with Crippen molar-refractivity contribution >= 4 is 23.1 Å². The van der Waals surface area contributed by atoms with E-state index in [0.717, 1.165) is 18.1 Å². The van der Waals surface area contributed by atoms with Crippen molar-refractivity contribution in [1.29, 1.82) is 0 Å². The van der Waals surface area contributed by atoms with E-state index in [1.807, 2.05) is 24.9 Å². The third-order valence-electron chi connectivity index (χ3n) is 2.07. The Hall–Kier alpha value is -0.0600. The van der Waals surface area contributed by atoms with Gasteiger partial charge in [-0.25, -0.2) is 4.98 Å². The molecule has 0 aliphatic rings. The molecule has 2 nitrogen and oxygen atoms in total. The van der Waals surface area contributed by atoms with E-state index in [2.05, 4.69) is 30.4 Å². The molecule has 0 saturated heterocycles. The number of thioether (sulfide) groups is 1. The van der Waals surface area contributed by atoms with Gasteiger partial charge in [0, 0.05) is 28.9 Å². The van der Waals surface area contributed by atoms with Gasteiger partial charge in [-0.05, 0) is 27.0 Å². The quantitative estimate of drug-likeness (QED) is 0.842. The first-order valence-electron chi connectivity index (χ1n) is 4.71. The van der Waals surface area contributed by atoms with E-state index in [1.54, 1.807) is 11.3 Å². The van der Waals surface area contributed by atoms with Crippen LogP contribution in [0.3, 0.4) is 0 Å². The molecule has 0 bridgehead atoms. The zero-order valence-electron chi connectivity index (χ0n) is 9.26. The van der Waals surface area contributed by atoms with Crippen LogP contribution in [0.4, 0.5) is 0 Å². The molecule has 80 valence electrons. The van der Waals surface area contributed by atoms with Gasteiger partial charge < -0.3 is 5.32 Å². The minimum absolute atomic E-state index is 0.319. The lowest BCUT2D eigenvalue weighted by Gasteiger charge is -2.21. The van der Waals surface area contributed by atoms with Crippen LogP contribution in [0.5, 0.6) is 0 Å².